The van der Waals surface area contributed by atoms with Gasteiger partial charge in [0.2, 0.25) is 0 Å². The normalized spacial score (nSPS) is 21.6. The molecule has 6 heteroatoms. The van der Waals surface area contributed by atoms with Crippen LogP contribution in [-0.2, 0) is 11.3 Å². The van der Waals surface area contributed by atoms with Gasteiger partial charge in [0.05, 0.1) is 19.9 Å². The third-order valence-electron chi connectivity index (χ3n) is 4.20. The van der Waals surface area contributed by atoms with E-state index in [1.807, 2.05) is 0 Å². The molecule has 0 aromatic carbocycles. The summed E-state index contributed by atoms with van der Waals surface area (Å²) >= 11 is 0. The number of hydrogen-bond acceptors (Lipinski definition) is 6. The SMILES string of the molecule is COC(=O)c1ccoc1CN1CCN(C2CNC2)CC1. The first-order chi connectivity index (χ1) is 9.78. The summed E-state index contributed by atoms with van der Waals surface area (Å²) in [7, 11) is 1.39. The molecular weight excluding hydrogens is 258 g/mol. The van der Waals surface area contributed by atoms with E-state index < -0.39 is 0 Å². The van der Waals surface area contributed by atoms with Gasteiger partial charge in [0.1, 0.15) is 11.3 Å². The zero-order valence-electron chi connectivity index (χ0n) is 11.8. The second-order valence-corrected chi connectivity index (χ2v) is 5.37. The topological polar surface area (TPSA) is 58.0 Å². The summed E-state index contributed by atoms with van der Waals surface area (Å²) in [5, 5.41) is 3.31. The van der Waals surface area contributed by atoms with Crippen LogP contribution in [0.5, 0.6) is 0 Å². The van der Waals surface area contributed by atoms with Gasteiger partial charge in [0.25, 0.3) is 0 Å². The average Bonchev–Trinajstić information content (AvgIpc) is 2.86. The van der Waals surface area contributed by atoms with Crippen molar-refractivity contribution >= 4 is 5.97 Å². The van der Waals surface area contributed by atoms with Crippen LogP contribution < -0.4 is 5.32 Å². The van der Waals surface area contributed by atoms with E-state index in [9.17, 15) is 4.79 Å². The first kappa shape index (κ1) is 13.6. The molecular formula is C14H21N3O3. The molecule has 0 bridgehead atoms. The predicted molar refractivity (Wildman–Crippen MR) is 73.6 cm³/mol. The Labute approximate surface area is 118 Å². The zero-order chi connectivity index (χ0) is 13.9. The summed E-state index contributed by atoms with van der Waals surface area (Å²) in [4.78, 5) is 16.5. The molecule has 20 heavy (non-hydrogen) atoms. The molecule has 0 atom stereocenters. The van der Waals surface area contributed by atoms with Gasteiger partial charge < -0.3 is 14.5 Å². The van der Waals surface area contributed by atoms with Gasteiger partial charge >= 0.3 is 5.97 Å². The van der Waals surface area contributed by atoms with Crippen molar-refractivity contribution in [3.63, 3.8) is 0 Å². The van der Waals surface area contributed by atoms with Crippen LogP contribution in [0.1, 0.15) is 16.1 Å². The lowest BCUT2D eigenvalue weighted by Crippen LogP contribution is -2.61. The minimum atomic E-state index is -0.326. The predicted octanol–water partition coefficient (Wildman–Crippen LogP) is 0.156. The van der Waals surface area contributed by atoms with Gasteiger partial charge in [-0.25, -0.2) is 4.79 Å². The molecule has 1 aromatic heterocycles. The van der Waals surface area contributed by atoms with Crippen molar-refractivity contribution in [3.8, 4) is 0 Å². The Morgan fingerprint density at radius 3 is 2.75 bits per heavy atom. The molecule has 2 fully saturated rings. The number of nitrogens with one attached hydrogen (secondary N) is 1. The van der Waals surface area contributed by atoms with Crippen LogP contribution in [0.25, 0.3) is 0 Å². The van der Waals surface area contributed by atoms with E-state index in [1.54, 1.807) is 12.3 Å². The molecule has 2 aliphatic heterocycles. The molecule has 2 saturated heterocycles. The van der Waals surface area contributed by atoms with Crippen LogP contribution in [0.4, 0.5) is 0 Å². The third kappa shape index (κ3) is 2.72. The average molecular weight is 279 g/mol. The van der Waals surface area contributed by atoms with E-state index in [0.29, 0.717) is 23.9 Å². The van der Waals surface area contributed by atoms with Crippen LogP contribution in [0.3, 0.4) is 0 Å². The molecule has 110 valence electrons. The lowest BCUT2D eigenvalue weighted by Gasteiger charge is -2.43. The summed E-state index contributed by atoms with van der Waals surface area (Å²) in [6, 6.07) is 2.39. The third-order valence-corrected chi connectivity index (χ3v) is 4.20. The number of ether oxygens (including phenoxy) is 1. The Kier molecular flexibility index (Phi) is 4.05. The molecule has 1 N–H and O–H groups in total. The monoisotopic (exact) mass is 279 g/mol. The Morgan fingerprint density at radius 2 is 2.15 bits per heavy atom. The van der Waals surface area contributed by atoms with Crippen molar-refractivity contribution in [3.05, 3.63) is 23.7 Å². The van der Waals surface area contributed by atoms with Crippen molar-refractivity contribution in [1.82, 2.24) is 15.1 Å². The van der Waals surface area contributed by atoms with Crippen molar-refractivity contribution in [1.29, 1.82) is 0 Å². The number of carbonyl (C=O) groups excluding carboxylic acids is 1. The molecule has 6 nitrogen and oxygen atoms in total. The van der Waals surface area contributed by atoms with Crippen molar-refractivity contribution < 1.29 is 13.9 Å². The molecule has 0 saturated carbocycles. The second-order valence-electron chi connectivity index (χ2n) is 5.37. The fraction of sp³-hybridized carbons (Fsp3) is 0.643. The van der Waals surface area contributed by atoms with E-state index in [0.717, 1.165) is 39.3 Å². The van der Waals surface area contributed by atoms with E-state index in [4.69, 9.17) is 9.15 Å². The minimum Gasteiger partial charge on any atom is -0.467 e. The lowest BCUT2D eigenvalue weighted by molar-refractivity contribution is 0.0580. The van der Waals surface area contributed by atoms with Crippen LogP contribution in [0, 0.1) is 0 Å². The second kappa shape index (κ2) is 5.95. The molecule has 0 spiro atoms. The highest BCUT2D eigenvalue weighted by atomic mass is 16.5. The number of furan rings is 1. The van der Waals surface area contributed by atoms with Gasteiger partial charge in [0, 0.05) is 45.3 Å². The smallest absolute Gasteiger partial charge is 0.341 e. The van der Waals surface area contributed by atoms with E-state index >= 15 is 0 Å². The summed E-state index contributed by atoms with van der Waals surface area (Å²) in [6.45, 7) is 7.10. The molecule has 0 radical (unpaired) electrons. The maximum Gasteiger partial charge on any atom is 0.341 e. The molecule has 3 rings (SSSR count). The lowest BCUT2D eigenvalue weighted by atomic mass is 10.1. The molecule has 0 unspecified atom stereocenters. The largest absolute Gasteiger partial charge is 0.467 e. The van der Waals surface area contributed by atoms with Gasteiger partial charge in [0.15, 0.2) is 0 Å². The minimum absolute atomic E-state index is 0.326. The Hall–Kier alpha value is -1.37. The highest BCUT2D eigenvalue weighted by molar-refractivity contribution is 5.90. The zero-order valence-corrected chi connectivity index (χ0v) is 11.8. The van der Waals surface area contributed by atoms with E-state index in [-0.39, 0.29) is 5.97 Å². The maximum absolute atomic E-state index is 11.6. The Bertz CT molecular complexity index is 462. The summed E-state index contributed by atoms with van der Waals surface area (Å²) < 4.78 is 10.2. The summed E-state index contributed by atoms with van der Waals surface area (Å²) in [6.07, 6.45) is 1.55. The fourth-order valence-electron chi connectivity index (χ4n) is 2.78. The first-order valence-electron chi connectivity index (χ1n) is 7.09. The maximum atomic E-state index is 11.6. The van der Waals surface area contributed by atoms with Crippen molar-refractivity contribution in [2.75, 3.05) is 46.4 Å². The standard InChI is InChI=1S/C14H21N3O3/c1-19-14(18)12-2-7-20-13(12)10-16-3-5-17(6-4-16)11-8-15-9-11/h2,7,11,15H,3-6,8-10H2,1H3. The molecule has 3 heterocycles. The molecule has 2 aliphatic rings. The fourth-order valence-corrected chi connectivity index (χ4v) is 2.78. The summed E-state index contributed by atoms with van der Waals surface area (Å²) in [5.74, 6) is 0.378. The van der Waals surface area contributed by atoms with Gasteiger partial charge in [-0.2, -0.15) is 0 Å². The molecule has 0 amide bonds. The van der Waals surface area contributed by atoms with Crippen LogP contribution in [0.15, 0.2) is 16.7 Å². The van der Waals surface area contributed by atoms with Crippen LogP contribution in [-0.4, -0.2) is 68.2 Å². The number of nitrogens with zero attached hydrogens (tertiary/aromatic N) is 2. The highest BCUT2D eigenvalue weighted by Gasteiger charge is 2.28. The van der Waals surface area contributed by atoms with Gasteiger partial charge in [-0.3, -0.25) is 9.80 Å². The Morgan fingerprint density at radius 1 is 1.40 bits per heavy atom. The first-order valence-corrected chi connectivity index (χ1v) is 7.09. The highest BCUT2D eigenvalue weighted by Crippen LogP contribution is 2.17. The van der Waals surface area contributed by atoms with Crippen LogP contribution in [0.2, 0.25) is 0 Å². The molecule has 0 aliphatic carbocycles. The number of esters is 1. The number of carbonyl (C=O) groups is 1. The van der Waals surface area contributed by atoms with Gasteiger partial charge in [-0.05, 0) is 6.07 Å². The Balaban J connectivity index is 1.54. The van der Waals surface area contributed by atoms with Crippen molar-refractivity contribution in [2.45, 2.75) is 12.6 Å². The number of methoxy groups -OCH3 is 1. The van der Waals surface area contributed by atoms with E-state index in [1.165, 1.54) is 7.11 Å². The van der Waals surface area contributed by atoms with E-state index in [2.05, 4.69) is 15.1 Å². The number of hydrogen-bond donors (Lipinski definition) is 1. The quantitative estimate of drug-likeness (QED) is 0.792. The number of rotatable bonds is 4. The van der Waals surface area contributed by atoms with Crippen molar-refractivity contribution in [2.24, 2.45) is 0 Å². The molecule has 1 aromatic rings. The van der Waals surface area contributed by atoms with Gasteiger partial charge in [-0.15, -0.1) is 0 Å². The summed E-state index contributed by atoms with van der Waals surface area (Å²) in [5.41, 5.74) is 0.540. The number of piperazine rings is 1. The van der Waals surface area contributed by atoms with Crippen LogP contribution >= 0.6 is 0 Å². The van der Waals surface area contributed by atoms with Gasteiger partial charge in [-0.1, -0.05) is 0 Å².